The molecule has 0 heterocycles. The summed E-state index contributed by atoms with van der Waals surface area (Å²) in [5.74, 6) is 4.33. The number of carbonyl (C=O) groups excluding carboxylic acids is 1. The number of carbonyl (C=O) groups is 1. The highest BCUT2D eigenvalue weighted by Gasteiger charge is 2.55. The number of fused-ring (bicyclic) bond motifs is 5. The molecule has 3 fully saturated rings. The van der Waals surface area contributed by atoms with Gasteiger partial charge in [-0.05, 0) is 74.5 Å². The first kappa shape index (κ1) is 15.1. The van der Waals surface area contributed by atoms with Gasteiger partial charge in [-0.2, -0.15) is 0 Å². The Morgan fingerprint density at radius 1 is 1.29 bits per heavy atom. The standard InChI is InChI=1S/C18H28O3/c1-11(2)18(20)21-10-12(6-7-19)16-8-13-9-17(16)15-5-3-4-14(13)15/h12-17,19H,1,3-10H2,2H3. The van der Waals surface area contributed by atoms with Gasteiger partial charge in [-0.25, -0.2) is 4.79 Å². The van der Waals surface area contributed by atoms with Crippen LogP contribution in [0, 0.1) is 35.5 Å². The van der Waals surface area contributed by atoms with Crippen molar-refractivity contribution in [2.24, 2.45) is 35.5 Å². The Hall–Kier alpha value is -0.830. The molecular weight excluding hydrogens is 264 g/mol. The number of rotatable bonds is 6. The lowest BCUT2D eigenvalue weighted by atomic mass is 9.70. The van der Waals surface area contributed by atoms with Crippen LogP contribution in [-0.4, -0.2) is 24.3 Å². The average molecular weight is 292 g/mol. The van der Waals surface area contributed by atoms with Crippen molar-refractivity contribution in [1.82, 2.24) is 0 Å². The van der Waals surface area contributed by atoms with E-state index in [1.165, 1.54) is 32.1 Å². The molecule has 2 bridgehead atoms. The third-order valence-corrected chi connectivity index (χ3v) is 6.36. The molecule has 0 aromatic carbocycles. The van der Waals surface area contributed by atoms with Gasteiger partial charge in [0.05, 0.1) is 6.61 Å². The van der Waals surface area contributed by atoms with E-state index in [0.29, 0.717) is 24.0 Å². The van der Waals surface area contributed by atoms with Crippen LogP contribution in [0.5, 0.6) is 0 Å². The number of ether oxygens (including phenoxy) is 1. The molecule has 0 radical (unpaired) electrons. The SMILES string of the molecule is C=C(C)C(=O)OCC(CCO)C1CC2CC1C1CCCC21. The summed E-state index contributed by atoms with van der Waals surface area (Å²) < 4.78 is 5.40. The lowest BCUT2D eigenvalue weighted by Crippen LogP contribution is -2.32. The summed E-state index contributed by atoms with van der Waals surface area (Å²) in [6, 6.07) is 0. The van der Waals surface area contributed by atoms with Gasteiger partial charge in [0, 0.05) is 12.2 Å². The smallest absolute Gasteiger partial charge is 0.333 e. The Balaban J connectivity index is 1.62. The molecule has 1 N–H and O–H groups in total. The molecule has 3 saturated carbocycles. The fraction of sp³-hybridized carbons (Fsp3) is 0.833. The van der Waals surface area contributed by atoms with Gasteiger partial charge in [0.25, 0.3) is 0 Å². The van der Waals surface area contributed by atoms with Crippen molar-refractivity contribution in [2.75, 3.05) is 13.2 Å². The topological polar surface area (TPSA) is 46.5 Å². The maximum absolute atomic E-state index is 11.6. The number of hydrogen-bond donors (Lipinski definition) is 1. The molecule has 3 aliphatic rings. The molecular formula is C18H28O3. The summed E-state index contributed by atoms with van der Waals surface area (Å²) in [6.45, 7) is 5.97. The first-order valence-corrected chi connectivity index (χ1v) is 8.55. The molecule has 21 heavy (non-hydrogen) atoms. The van der Waals surface area contributed by atoms with Crippen LogP contribution in [-0.2, 0) is 9.53 Å². The summed E-state index contributed by atoms with van der Waals surface area (Å²) in [7, 11) is 0. The molecule has 0 aromatic heterocycles. The Morgan fingerprint density at radius 3 is 2.76 bits per heavy atom. The molecule has 118 valence electrons. The number of aliphatic hydroxyl groups excluding tert-OH is 1. The average Bonchev–Trinajstić information content (AvgIpc) is 3.13. The van der Waals surface area contributed by atoms with Crippen molar-refractivity contribution in [3.05, 3.63) is 12.2 Å². The number of aliphatic hydroxyl groups is 1. The second-order valence-corrected chi connectivity index (χ2v) is 7.47. The molecule has 0 spiro atoms. The van der Waals surface area contributed by atoms with Crippen LogP contribution in [0.1, 0.15) is 45.4 Å². The van der Waals surface area contributed by atoms with Gasteiger partial charge in [-0.15, -0.1) is 0 Å². The fourth-order valence-corrected chi connectivity index (χ4v) is 5.56. The van der Waals surface area contributed by atoms with E-state index < -0.39 is 0 Å². The normalized spacial score (nSPS) is 38.3. The van der Waals surface area contributed by atoms with Crippen LogP contribution in [0.25, 0.3) is 0 Å². The Kier molecular flexibility index (Phi) is 4.39. The third kappa shape index (κ3) is 2.77. The highest BCUT2D eigenvalue weighted by atomic mass is 16.5. The van der Waals surface area contributed by atoms with E-state index in [-0.39, 0.29) is 12.6 Å². The summed E-state index contributed by atoms with van der Waals surface area (Å²) in [4.78, 5) is 11.6. The maximum Gasteiger partial charge on any atom is 0.333 e. The first-order chi connectivity index (χ1) is 10.1. The zero-order chi connectivity index (χ0) is 15.0. The lowest BCUT2D eigenvalue weighted by Gasteiger charge is -2.36. The molecule has 0 saturated heterocycles. The molecule has 3 nitrogen and oxygen atoms in total. The zero-order valence-corrected chi connectivity index (χ0v) is 13.1. The Labute approximate surface area is 127 Å². The van der Waals surface area contributed by atoms with E-state index in [2.05, 4.69) is 6.58 Å². The van der Waals surface area contributed by atoms with Gasteiger partial charge < -0.3 is 9.84 Å². The van der Waals surface area contributed by atoms with Gasteiger partial charge in [-0.1, -0.05) is 13.0 Å². The van der Waals surface area contributed by atoms with Gasteiger partial charge >= 0.3 is 5.97 Å². The molecule has 3 heteroatoms. The van der Waals surface area contributed by atoms with E-state index in [1.54, 1.807) is 6.92 Å². The number of hydrogen-bond acceptors (Lipinski definition) is 3. The number of esters is 1. The molecule has 0 aliphatic heterocycles. The fourth-order valence-electron chi connectivity index (χ4n) is 5.56. The van der Waals surface area contributed by atoms with Crippen molar-refractivity contribution in [1.29, 1.82) is 0 Å². The summed E-state index contributed by atoms with van der Waals surface area (Å²) in [6.07, 6.45) is 7.68. The first-order valence-electron chi connectivity index (χ1n) is 8.55. The largest absolute Gasteiger partial charge is 0.462 e. The minimum atomic E-state index is -0.292. The molecule has 0 aromatic rings. The van der Waals surface area contributed by atoms with Gasteiger partial charge in [0.1, 0.15) is 0 Å². The minimum absolute atomic E-state index is 0.192. The van der Waals surface area contributed by atoms with E-state index in [0.717, 1.165) is 30.1 Å². The molecule has 3 rings (SSSR count). The van der Waals surface area contributed by atoms with Crippen molar-refractivity contribution < 1.29 is 14.6 Å². The van der Waals surface area contributed by atoms with Gasteiger partial charge in [0.2, 0.25) is 0 Å². The summed E-state index contributed by atoms with van der Waals surface area (Å²) >= 11 is 0. The van der Waals surface area contributed by atoms with E-state index in [1.807, 2.05) is 0 Å². The van der Waals surface area contributed by atoms with Crippen LogP contribution in [0.3, 0.4) is 0 Å². The lowest BCUT2D eigenvalue weighted by molar-refractivity contribution is -0.141. The Morgan fingerprint density at radius 2 is 2.05 bits per heavy atom. The quantitative estimate of drug-likeness (QED) is 0.604. The van der Waals surface area contributed by atoms with E-state index in [4.69, 9.17) is 4.74 Å². The van der Waals surface area contributed by atoms with Gasteiger partial charge in [0.15, 0.2) is 0 Å². The zero-order valence-electron chi connectivity index (χ0n) is 13.1. The predicted octanol–water partition coefficient (Wildman–Crippen LogP) is 3.18. The van der Waals surface area contributed by atoms with Crippen LogP contribution >= 0.6 is 0 Å². The second kappa shape index (κ2) is 6.12. The highest BCUT2D eigenvalue weighted by molar-refractivity contribution is 5.86. The molecule has 3 aliphatic carbocycles. The molecule has 6 atom stereocenters. The predicted molar refractivity (Wildman–Crippen MR) is 81.5 cm³/mol. The van der Waals surface area contributed by atoms with Crippen LogP contribution < -0.4 is 0 Å². The van der Waals surface area contributed by atoms with Crippen molar-refractivity contribution in [3.8, 4) is 0 Å². The van der Waals surface area contributed by atoms with Crippen LogP contribution in [0.2, 0.25) is 0 Å². The van der Waals surface area contributed by atoms with Crippen molar-refractivity contribution in [2.45, 2.75) is 45.4 Å². The monoisotopic (exact) mass is 292 g/mol. The summed E-state index contributed by atoms with van der Waals surface area (Å²) in [5.41, 5.74) is 0.460. The second-order valence-electron chi connectivity index (χ2n) is 7.47. The maximum atomic E-state index is 11.6. The highest BCUT2D eigenvalue weighted by Crippen LogP contribution is 2.62. The van der Waals surface area contributed by atoms with Crippen molar-refractivity contribution in [3.63, 3.8) is 0 Å². The molecule has 0 amide bonds. The minimum Gasteiger partial charge on any atom is -0.462 e. The van der Waals surface area contributed by atoms with E-state index >= 15 is 0 Å². The van der Waals surface area contributed by atoms with E-state index in [9.17, 15) is 9.90 Å². The van der Waals surface area contributed by atoms with Crippen LogP contribution in [0.15, 0.2) is 12.2 Å². The summed E-state index contributed by atoms with van der Waals surface area (Å²) in [5, 5.41) is 9.37. The van der Waals surface area contributed by atoms with Crippen molar-refractivity contribution >= 4 is 5.97 Å². The third-order valence-electron chi connectivity index (χ3n) is 6.36. The van der Waals surface area contributed by atoms with Gasteiger partial charge in [-0.3, -0.25) is 0 Å². The molecule has 6 unspecified atom stereocenters. The Bertz CT molecular complexity index is 417. The van der Waals surface area contributed by atoms with Crippen LogP contribution in [0.4, 0.5) is 0 Å².